The van der Waals surface area contributed by atoms with E-state index in [4.69, 9.17) is 4.42 Å². The van der Waals surface area contributed by atoms with Crippen LogP contribution >= 0.6 is 15.9 Å². The van der Waals surface area contributed by atoms with Crippen LogP contribution in [0.4, 0.5) is 13.2 Å². The highest BCUT2D eigenvalue weighted by Gasteiger charge is 2.23. The van der Waals surface area contributed by atoms with Gasteiger partial charge in [-0.3, -0.25) is 0 Å². The molecule has 1 unspecified atom stereocenters. The van der Waals surface area contributed by atoms with Crippen molar-refractivity contribution in [1.29, 1.82) is 0 Å². The maximum absolute atomic E-state index is 13.6. The number of furan rings is 1. The minimum absolute atomic E-state index is 0.256. The van der Waals surface area contributed by atoms with Crippen molar-refractivity contribution >= 4 is 15.9 Å². The molecular weight excluding hydrogens is 309 g/mol. The molecule has 0 N–H and O–H groups in total. The topological polar surface area (TPSA) is 13.1 Å². The minimum atomic E-state index is -0.942. The van der Waals surface area contributed by atoms with Crippen molar-refractivity contribution in [3.05, 3.63) is 58.8 Å². The van der Waals surface area contributed by atoms with Crippen molar-refractivity contribution in [3.8, 4) is 0 Å². The molecule has 1 aromatic carbocycles. The third kappa shape index (κ3) is 2.46. The van der Waals surface area contributed by atoms with Crippen LogP contribution < -0.4 is 0 Å². The molecule has 1 heterocycles. The van der Waals surface area contributed by atoms with Gasteiger partial charge < -0.3 is 4.42 Å². The van der Waals surface area contributed by atoms with E-state index in [-0.39, 0.29) is 5.56 Å². The maximum atomic E-state index is 13.6. The predicted octanol–water partition coefficient (Wildman–Crippen LogP) is 4.74. The van der Waals surface area contributed by atoms with Crippen LogP contribution in [-0.2, 0) is 6.42 Å². The van der Waals surface area contributed by atoms with E-state index in [0.717, 1.165) is 5.76 Å². The Bertz CT molecular complexity index is 542. The van der Waals surface area contributed by atoms with Crippen LogP contribution in [0.2, 0.25) is 0 Å². The van der Waals surface area contributed by atoms with E-state index in [1.54, 1.807) is 12.1 Å². The molecule has 0 fully saturated rings. The summed E-state index contributed by atoms with van der Waals surface area (Å²) in [6.07, 6.45) is 0.689. The standard InChI is InChI=1S/C13H10BrF3O/c1-2-8-3-4-11(18-8)13(14)12-9(16)5-7(15)6-10(12)17/h3-6,13H,2H2,1H3. The second-order valence-corrected chi connectivity index (χ2v) is 4.72. The largest absolute Gasteiger partial charge is 0.465 e. The average Bonchev–Trinajstić information content (AvgIpc) is 2.75. The SMILES string of the molecule is CCc1ccc(C(Br)c2c(F)cc(F)cc2F)o1. The highest BCUT2D eigenvalue weighted by Crippen LogP contribution is 2.35. The first-order valence-electron chi connectivity index (χ1n) is 5.40. The third-order valence-electron chi connectivity index (χ3n) is 2.58. The Morgan fingerprint density at radius 3 is 2.28 bits per heavy atom. The lowest BCUT2D eigenvalue weighted by Gasteiger charge is -2.10. The monoisotopic (exact) mass is 318 g/mol. The first-order valence-corrected chi connectivity index (χ1v) is 6.31. The molecule has 1 atom stereocenters. The number of benzene rings is 1. The highest BCUT2D eigenvalue weighted by molar-refractivity contribution is 9.09. The summed E-state index contributed by atoms with van der Waals surface area (Å²) in [5.41, 5.74) is -0.256. The lowest BCUT2D eigenvalue weighted by molar-refractivity contribution is 0.465. The first-order chi connectivity index (χ1) is 8.52. The summed E-state index contributed by atoms with van der Waals surface area (Å²) in [6, 6.07) is 4.68. The maximum Gasteiger partial charge on any atom is 0.133 e. The van der Waals surface area contributed by atoms with Crippen molar-refractivity contribution in [1.82, 2.24) is 0 Å². The zero-order valence-electron chi connectivity index (χ0n) is 9.51. The molecule has 0 amide bonds. The van der Waals surface area contributed by atoms with Gasteiger partial charge in [-0.15, -0.1) is 0 Å². The Morgan fingerprint density at radius 2 is 1.78 bits per heavy atom. The smallest absolute Gasteiger partial charge is 0.133 e. The fourth-order valence-corrected chi connectivity index (χ4v) is 2.34. The van der Waals surface area contributed by atoms with Gasteiger partial charge in [0.05, 0.1) is 0 Å². The molecule has 0 saturated heterocycles. The van der Waals surface area contributed by atoms with E-state index in [9.17, 15) is 13.2 Å². The molecule has 0 radical (unpaired) electrons. The molecule has 0 aliphatic rings. The normalized spacial score (nSPS) is 12.7. The Morgan fingerprint density at radius 1 is 1.17 bits per heavy atom. The van der Waals surface area contributed by atoms with E-state index in [1.807, 2.05) is 6.92 Å². The van der Waals surface area contributed by atoms with Crippen molar-refractivity contribution in [2.45, 2.75) is 18.2 Å². The molecule has 2 aromatic rings. The first kappa shape index (κ1) is 13.2. The quantitative estimate of drug-likeness (QED) is 0.745. The highest BCUT2D eigenvalue weighted by atomic mass is 79.9. The number of halogens is 4. The van der Waals surface area contributed by atoms with Crippen molar-refractivity contribution < 1.29 is 17.6 Å². The molecule has 0 aliphatic carbocycles. The summed E-state index contributed by atoms with van der Waals surface area (Å²) in [5.74, 6) is -1.72. The van der Waals surface area contributed by atoms with Gasteiger partial charge in [0.1, 0.15) is 33.8 Å². The Kier molecular flexibility index (Phi) is 3.80. The number of aryl methyl sites for hydroxylation is 1. The van der Waals surface area contributed by atoms with Gasteiger partial charge in [-0.25, -0.2) is 13.2 Å². The molecule has 0 aliphatic heterocycles. The van der Waals surface area contributed by atoms with E-state index in [0.29, 0.717) is 24.3 Å². The molecule has 18 heavy (non-hydrogen) atoms. The van der Waals surface area contributed by atoms with E-state index in [1.165, 1.54) is 0 Å². The average molecular weight is 319 g/mol. The number of hydrogen-bond donors (Lipinski definition) is 0. The summed E-state index contributed by atoms with van der Waals surface area (Å²) in [5, 5.41) is 0. The van der Waals surface area contributed by atoms with Crippen LogP contribution in [-0.4, -0.2) is 0 Å². The van der Waals surface area contributed by atoms with Crippen molar-refractivity contribution in [2.75, 3.05) is 0 Å². The van der Waals surface area contributed by atoms with Crippen LogP contribution in [0.1, 0.15) is 28.8 Å². The van der Waals surface area contributed by atoms with Crippen LogP contribution in [0.25, 0.3) is 0 Å². The van der Waals surface area contributed by atoms with Gasteiger partial charge in [-0.1, -0.05) is 22.9 Å². The Hall–Kier alpha value is -1.23. The molecule has 96 valence electrons. The van der Waals surface area contributed by atoms with Gasteiger partial charge in [-0.2, -0.15) is 0 Å². The van der Waals surface area contributed by atoms with Crippen molar-refractivity contribution in [2.24, 2.45) is 0 Å². The fourth-order valence-electron chi connectivity index (χ4n) is 1.66. The fraction of sp³-hybridized carbons (Fsp3) is 0.231. The number of hydrogen-bond acceptors (Lipinski definition) is 1. The predicted molar refractivity (Wildman–Crippen MR) is 65.2 cm³/mol. The van der Waals surface area contributed by atoms with Gasteiger partial charge in [0.2, 0.25) is 0 Å². The summed E-state index contributed by atoms with van der Waals surface area (Å²) < 4.78 is 45.4. The molecular formula is C13H10BrF3O. The molecule has 1 nitrogen and oxygen atoms in total. The van der Waals surface area contributed by atoms with Gasteiger partial charge in [-0.05, 0) is 12.1 Å². The second kappa shape index (κ2) is 5.18. The van der Waals surface area contributed by atoms with Crippen LogP contribution in [0, 0.1) is 17.5 Å². The molecule has 0 spiro atoms. The summed E-state index contributed by atoms with van der Waals surface area (Å²) in [4.78, 5) is -0.779. The van der Waals surface area contributed by atoms with Gasteiger partial charge in [0.15, 0.2) is 0 Å². The van der Waals surface area contributed by atoms with Gasteiger partial charge in [0, 0.05) is 24.1 Å². The number of alkyl halides is 1. The second-order valence-electron chi connectivity index (χ2n) is 3.80. The third-order valence-corrected chi connectivity index (χ3v) is 3.49. The molecule has 2 rings (SSSR count). The number of rotatable bonds is 3. The zero-order valence-corrected chi connectivity index (χ0v) is 11.1. The summed E-state index contributed by atoms with van der Waals surface area (Å²) >= 11 is 3.17. The Labute approximate surface area is 111 Å². The van der Waals surface area contributed by atoms with E-state index >= 15 is 0 Å². The summed E-state index contributed by atoms with van der Waals surface area (Å²) in [6.45, 7) is 1.91. The van der Waals surface area contributed by atoms with Crippen LogP contribution in [0.5, 0.6) is 0 Å². The lowest BCUT2D eigenvalue weighted by Crippen LogP contribution is -2.01. The van der Waals surface area contributed by atoms with E-state index in [2.05, 4.69) is 15.9 Å². The molecule has 1 aromatic heterocycles. The lowest BCUT2D eigenvalue weighted by atomic mass is 10.1. The molecule has 5 heteroatoms. The van der Waals surface area contributed by atoms with Gasteiger partial charge >= 0.3 is 0 Å². The van der Waals surface area contributed by atoms with E-state index < -0.39 is 22.3 Å². The van der Waals surface area contributed by atoms with Gasteiger partial charge in [0.25, 0.3) is 0 Å². The summed E-state index contributed by atoms with van der Waals surface area (Å²) in [7, 11) is 0. The Balaban J connectivity index is 2.42. The van der Waals surface area contributed by atoms with Crippen molar-refractivity contribution in [3.63, 3.8) is 0 Å². The zero-order chi connectivity index (χ0) is 13.3. The molecule has 0 saturated carbocycles. The van der Waals surface area contributed by atoms with Crippen LogP contribution in [0.15, 0.2) is 28.7 Å². The molecule has 0 bridgehead atoms. The minimum Gasteiger partial charge on any atom is -0.465 e. The van der Waals surface area contributed by atoms with Crippen LogP contribution in [0.3, 0.4) is 0 Å².